The maximum Gasteiger partial charge on any atom is 0.131 e. The van der Waals surface area contributed by atoms with Gasteiger partial charge in [-0.05, 0) is 12.5 Å². The number of halogens is 3. The number of phenols is 1. The van der Waals surface area contributed by atoms with Crippen molar-refractivity contribution in [3.05, 3.63) is 29.6 Å². The van der Waals surface area contributed by atoms with E-state index in [1.807, 2.05) is 0 Å². The van der Waals surface area contributed by atoms with Crippen LogP contribution in [0, 0.1) is 5.82 Å². The molecule has 3 nitrogen and oxygen atoms in total. The smallest absolute Gasteiger partial charge is 0.131 e. The van der Waals surface area contributed by atoms with Crippen LogP contribution < -0.4 is 5.32 Å². The number of hydrogen-bond donors (Lipinski definition) is 2. The SMILES string of the molecule is CCCC[C@@H](c1ccc(O)cc1F)N1CCNCC1.Cl.Cl. The minimum atomic E-state index is -0.292. The summed E-state index contributed by atoms with van der Waals surface area (Å²) in [6.07, 6.45) is 3.18. The molecule has 1 atom stereocenters. The van der Waals surface area contributed by atoms with Crippen LogP contribution in [-0.4, -0.2) is 36.2 Å². The van der Waals surface area contributed by atoms with Crippen molar-refractivity contribution < 1.29 is 9.50 Å². The molecule has 0 spiro atoms. The normalized spacial score (nSPS) is 16.7. The second-order valence-electron chi connectivity index (χ2n) is 5.15. The molecular formula is C15H25Cl2FN2O. The zero-order valence-electron chi connectivity index (χ0n) is 12.3. The number of aromatic hydroxyl groups is 1. The van der Waals surface area contributed by atoms with Gasteiger partial charge in [0, 0.05) is 43.9 Å². The molecule has 1 heterocycles. The van der Waals surface area contributed by atoms with E-state index in [-0.39, 0.29) is 42.4 Å². The van der Waals surface area contributed by atoms with E-state index in [0.29, 0.717) is 5.56 Å². The predicted octanol–water partition coefficient (Wildman–Crippen LogP) is 3.51. The molecule has 0 radical (unpaired) electrons. The van der Waals surface area contributed by atoms with E-state index >= 15 is 0 Å². The highest BCUT2D eigenvalue weighted by Crippen LogP contribution is 2.30. The zero-order valence-corrected chi connectivity index (χ0v) is 14.0. The fourth-order valence-corrected chi connectivity index (χ4v) is 2.71. The van der Waals surface area contributed by atoms with Crippen LogP contribution in [0.1, 0.15) is 37.8 Å². The van der Waals surface area contributed by atoms with Gasteiger partial charge in [0.05, 0.1) is 0 Å². The van der Waals surface area contributed by atoms with Crippen LogP contribution in [0.25, 0.3) is 0 Å². The summed E-state index contributed by atoms with van der Waals surface area (Å²) in [5.74, 6) is -0.296. The van der Waals surface area contributed by atoms with Gasteiger partial charge >= 0.3 is 0 Å². The number of phenolic OH excluding ortho intramolecular Hbond substituents is 1. The van der Waals surface area contributed by atoms with Crippen LogP contribution in [0.3, 0.4) is 0 Å². The molecule has 1 fully saturated rings. The third kappa shape index (κ3) is 5.62. The molecule has 1 aromatic rings. The Kier molecular flexibility index (Phi) is 9.95. The Morgan fingerprint density at radius 3 is 2.52 bits per heavy atom. The molecule has 2 N–H and O–H groups in total. The van der Waals surface area contributed by atoms with Gasteiger partial charge in [-0.1, -0.05) is 25.8 Å². The lowest BCUT2D eigenvalue weighted by atomic mass is 9.98. The van der Waals surface area contributed by atoms with Crippen LogP contribution in [-0.2, 0) is 0 Å². The van der Waals surface area contributed by atoms with E-state index in [0.717, 1.165) is 45.4 Å². The van der Waals surface area contributed by atoms with Gasteiger partial charge < -0.3 is 10.4 Å². The van der Waals surface area contributed by atoms with Gasteiger partial charge in [-0.15, -0.1) is 24.8 Å². The predicted molar refractivity (Wildman–Crippen MR) is 89.3 cm³/mol. The molecule has 0 unspecified atom stereocenters. The fourth-order valence-electron chi connectivity index (χ4n) is 2.71. The van der Waals surface area contributed by atoms with Crippen molar-refractivity contribution in [3.8, 4) is 5.75 Å². The second-order valence-corrected chi connectivity index (χ2v) is 5.15. The van der Waals surface area contributed by atoms with Crippen molar-refractivity contribution in [1.29, 1.82) is 0 Å². The van der Waals surface area contributed by atoms with Crippen LogP contribution in [0.4, 0.5) is 4.39 Å². The van der Waals surface area contributed by atoms with Crippen molar-refractivity contribution in [3.63, 3.8) is 0 Å². The van der Waals surface area contributed by atoms with E-state index < -0.39 is 0 Å². The van der Waals surface area contributed by atoms with Crippen LogP contribution >= 0.6 is 24.8 Å². The molecular weight excluding hydrogens is 314 g/mol. The van der Waals surface area contributed by atoms with Crippen molar-refractivity contribution >= 4 is 24.8 Å². The molecule has 0 aliphatic carbocycles. The molecule has 0 aromatic heterocycles. The molecule has 0 bridgehead atoms. The first-order valence-corrected chi connectivity index (χ1v) is 7.15. The topological polar surface area (TPSA) is 35.5 Å². The summed E-state index contributed by atoms with van der Waals surface area (Å²) in [6, 6.07) is 4.66. The summed E-state index contributed by atoms with van der Waals surface area (Å²) in [7, 11) is 0. The zero-order chi connectivity index (χ0) is 13.7. The van der Waals surface area contributed by atoms with Crippen LogP contribution in [0.15, 0.2) is 18.2 Å². The van der Waals surface area contributed by atoms with Gasteiger partial charge in [0.1, 0.15) is 11.6 Å². The van der Waals surface area contributed by atoms with Crippen LogP contribution in [0.2, 0.25) is 0 Å². The summed E-state index contributed by atoms with van der Waals surface area (Å²) < 4.78 is 14.1. The summed E-state index contributed by atoms with van der Waals surface area (Å²) >= 11 is 0. The van der Waals surface area contributed by atoms with Gasteiger partial charge in [-0.3, -0.25) is 4.90 Å². The number of nitrogens with one attached hydrogen (secondary N) is 1. The van der Waals surface area contributed by atoms with Crippen molar-refractivity contribution in [2.45, 2.75) is 32.2 Å². The largest absolute Gasteiger partial charge is 0.508 e. The molecule has 122 valence electrons. The van der Waals surface area contributed by atoms with E-state index in [1.165, 1.54) is 6.07 Å². The summed E-state index contributed by atoms with van der Waals surface area (Å²) in [5, 5.41) is 12.7. The average Bonchev–Trinajstić information content (AvgIpc) is 2.42. The molecule has 21 heavy (non-hydrogen) atoms. The average molecular weight is 339 g/mol. The highest BCUT2D eigenvalue weighted by atomic mass is 35.5. The van der Waals surface area contributed by atoms with Gasteiger partial charge in [0.15, 0.2) is 0 Å². The third-order valence-corrected chi connectivity index (χ3v) is 3.77. The fraction of sp³-hybridized carbons (Fsp3) is 0.600. The third-order valence-electron chi connectivity index (χ3n) is 3.77. The van der Waals surface area contributed by atoms with Crippen molar-refractivity contribution in [2.24, 2.45) is 0 Å². The number of nitrogens with zero attached hydrogens (tertiary/aromatic N) is 1. The number of unbranched alkanes of at least 4 members (excludes halogenated alkanes) is 1. The molecule has 1 aliphatic rings. The number of piperazine rings is 1. The van der Waals surface area contributed by atoms with E-state index in [2.05, 4.69) is 17.1 Å². The first-order valence-electron chi connectivity index (χ1n) is 7.15. The van der Waals surface area contributed by atoms with Crippen molar-refractivity contribution in [1.82, 2.24) is 10.2 Å². The van der Waals surface area contributed by atoms with Gasteiger partial charge in [0.25, 0.3) is 0 Å². The lowest BCUT2D eigenvalue weighted by Gasteiger charge is -2.35. The van der Waals surface area contributed by atoms with Gasteiger partial charge in [-0.25, -0.2) is 4.39 Å². The first kappa shape index (κ1) is 20.5. The Bertz CT molecular complexity index is 415. The minimum absolute atomic E-state index is 0. The summed E-state index contributed by atoms with van der Waals surface area (Å²) in [6.45, 7) is 5.98. The first-order chi connectivity index (χ1) is 9.22. The number of hydrogen-bond acceptors (Lipinski definition) is 3. The Morgan fingerprint density at radius 1 is 1.29 bits per heavy atom. The maximum absolute atomic E-state index is 14.1. The van der Waals surface area contributed by atoms with E-state index in [1.54, 1.807) is 12.1 Å². The standard InChI is InChI=1S/C15H23FN2O.2ClH/c1-2-3-4-15(18-9-7-17-8-10-18)13-6-5-12(19)11-14(13)16;;/h5-6,11,15,17,19H,2-4,7-10H2,1H3;2*1H/t15-;;/m0../s1. The molecule has 1 aliphatic heterocycles. The summed E-state index contributed by atoms with van der Waals surface area (Å²) in [4.78, 5) is 2.35. The molecule has 1 aromatic carbocycles. The highest BCUT2D eigenvalue weighted by molar-refractivity contribution is 5.85. The van der Waals surface area contributed by atoms with E-state index in [9.17, 15) is 9.50 Å². The lowest BCUT2D eigenvalue weighted by molar-refractivity contribution is 0.160. The van der Waals surface area contributed by atoms with Crippen molar-refractivity contribution in [2.75, 3.05) is 26.2 Å². The van der Waals surface area contributed by atoms with Gasteiger partial charge in [0.2, 0.25) is 0 Å². The Morgan fingerprint density at radius 2 is 1.95 bits per heavy atom. The monoisotopic (exact) mass is 338 g/mol. The summed E-state index contributed by atoms with van der Waals surface area (Å²) in [5.41, 5.74) is 0.716. The highest BCUT2D eigenvalue weighted by Gasteiger charge is 2.24. The second kappa shape index (κ2) is 10.2. The number of benzene rings is 1. The van der Waals surface area contributed by atoms with E-state index in [4.69, 9.17) is 0 Å². The Labute approximate surface area is 138 Å². The molecule has 0 saturated carbocycles. The van der Waals surface area contributed by atoms with Crippen LogP contribution in [0.5, 0.6) is 5.75 Å². The maximum atomic E-state index is 14.1. The number of rotatable bonds is 5. The lowest BCUT2D eigenvalue weighted by Crippen LogP contribution is -2.45. The molecule has 6 heteroatoms. The Hall–Kier alpha value is -0.550. The Balaban J connectivity index is 0.00000200. The van der Waals surface area contributed by atoms with Gasteiger partial charge in [-0.2, -0.15) is 0 Å². The quantitative estimate of drug-likeness (QED) is 0.862. The molecule has 1 saturated heterocycles. The molecule has 2 rings (SSSR count). The minimum Gasteiger partial charge on any atom is -0.508 e. The molecule has 0 amide bonds.